The van der Waals surface area contributed by atoms with Crippen LogP contribution in [0.5, 0.6) is 0 Å². The van der Waals surface area contributed by atoms with Crippen LogP contribution < -0.4 is 11.1 Å². The van der Waals surface area contributed by atoms with Crippen LogP contribution in [0.4, 0.5) is 0 Å². The predicted octanol–water partition coefficient (Wildman–Crippen LogP) is -1.82. The predicted molar refractivity (Wildman–Crippen MR) is 106 cm³/mol. The fourth-order valence-corrected chi connectivity index (χ4v) is 2.83. The molecule has 0 radical (unpaired) electrons. The molecule has 170 valence electrons. The molecule has 1 aliphatic heterocycles. The highest BCUT2D eigenvalue weighted by Crippen LogP contribution is 2.21. The normalized spacial score (nSPS) is 28.6. The van der Waals surface area contributed by atoms with Crippen LogP contribution in [0.15, 0.2) is 12.5 Å². The van der Waals surface area contributed by atoms with Gasteiger partial charge in [-0.15, -0.1) is 24.8 Å². The van der Waals surface area contributed by atoms with Crippen LogP contribution in [0.25, 0.3) is 0 Å². The molecule has 0 spiro atoms. The number of carbonyl (C=O) groups excluding carboxylic acids is 1. The Bertz CT molecular complexity index is 584. The number of imidazole rings is 1. The molecule has 1 aromatic rings. The van der Waals surface area contributed by atoms with Crippen LogP contribution >= 0.6 is 24.8 Å². The lowest BCUT2D eigenvalue weighted by molar-refractivity contribution is -0.260. The first kappa shape index (κ1) is 28.0. The maximum Gasteiger partial charge on any atom is 0.323 e. The molecule has 0 amide bonds. The van der Waals surface area contributed by atoms with Crippen LogP contribution in [0.3, 0.4) is 0 Å². The SMILES string of the molecule is CCCC(O)N[C@H]1C(O)O[C@H](COC(=O)[C@@H](N)Cc2cnc[nH]2)[C@@H](O)[C@@H]1O.Cl.Cl. The van der Waals surface area contributed by atoms with E-state index in [2.05, 4.69) is 15.3 Å². The zero-order chi connectivity index (χ0) is 20.0. The molecule has 0 aromatic carbocycles. The molecule has 1 saturated heterocycles. The molecule has 1 fully saturated rings. The van der Waals surface area contributed by atoms with E-state index in [4.69, 9.17) is 15.2 Å². The number of aliphatic hydroxyl groups is 4. The summed E-state index contributed by atoms with van der Waals surface area (Å²) in [5.41, 5.74) is 6.42. The van der Waals surface area contributed by atoms with Crippen molar-refractivity contribution in [1.82, 2.24) is 15.3 Å². The first-order valence-electron chi connectivity index (χ1n) is 8.86. The van der Waals surface area contributed by atoms with Gasteiger partial charge in [-0.1, -0.05) is 13.3 Å². The van der Waals surface area contributed by atoms with Crippen LogP contribution in [0.2, 0.25) is 0 Å². The van der Waals surface area contributed by atoms with Gasteiger partial charge in [-0.05, 0) is 6.42 Å². The van der Waals surface area contributed by atoms with Gasteiger partial charge in [0.25, 0.3) is 0 Å². The summed E-state index contributed by atoms with van der Waals surface area (Å²) in [5, 5.41) is 42.8. The summed E-state index contributed by atoms with van der Waals surface area (Å²) in [6, 6.07) is -2.03. The fourth-order valence-electron chi connectivity index (χ4n) is 2.83. The van der Waals surface area contributed by atoms with Crippen molar-refractivity contribution in [3.63, 3.8) is 0 Å². The number of hydrogen-bond acceptors (Lipinski definition) is 10. The Morgan fingerprint density at radius 1 is 1.38 bits per heavy atom. The highest BCUT2D eigenvalue weighted by atomic mass is 35.5. The number of aromatic nitrogens is 2. The van der Waals surface area contributed by atoms with Crippen molar-refractivity contribution in [3.05, 3.63) is 18.2 Å². The van der Waals surface area contributed by atoms with Crippen molar-refractivity contribution in [2.75, 3.05) is 6.61 Å². The lowest BCUT2D eigenvalue weighted by Gasteiger charge is -2.41. The van der Waals surface area contributed by atoms with Crippen molar-refractivity contribution < 1.29 is 34.7 Å². The van der Waals surface area contributed by atoms with Crippen molar-refractivity contribution >= 4 is 30.8 Å². The van der Waals surface area contributed by atoms with Crippen LogP contribution in [-0.2, 0) is 20.7 Å². The first-order chi connectivity index (χ1) is 12.8. The summed E-state index contributed by atoms with van der Waals surface area (Å²) in [5.74, 6) is -0.719. The maximum absolute atomic E-state index is 12.0. The standard InChI is InChI=1S/C16H28N4O7.2ClH/c1-2-3-11(21)20-12-14(23)13(22)10(27-16(12)25)6-26-15(24)9(17)4-8-5-18-7-19-8;;/h5,7,9-14,16,20-23,25H,2-4,6,17H2,1H3,(H,18,19);2*1H/t9-,10+,11?,12+,13+,14+,16?;;/m0../s1. The molecule has 0 saturated carbocycles. The molecule has 1 aromatic heterocycles. The Balaban J connectivity index is 0.00000392. The van der Waals surface area contributed by atoms with E-state index in [-0.39, 0.29) is 31.2 Å². The minimum Gasteiger partial charge on any atom is -0.462 e. The summed E-state index contributed by atoms with van der Waals surface area (Å²) < 4.78 is 10.3. The van der Waals surface area contributed by atoms with Crippen molar-refractivity contribution in [3.8, 4) is 0 Å². The molecule has 11 nitrogen and oxygen atoms in total. The molecule has 2 rings (SSSR count). The van der Waals surface area contributed by atoms with Gasteiger partial charge in [-0.3, -0.25) is 10.1 Å². The number of aliphatic hydroxyl groups excluding tert-OH is 4. The van der Waals surface area contributed by atoms with Gasteiger partial charge >= 0.3 is 5.97 Å². The molecular formula is C16H30Cl2N4O7. The molecule has 0 bridgehead atoms. The van der Waals surface area contributed by atoms with E-state index in [9.17, 15) is 25.2 Å². The zero-order valence-electron chi connectivity index (χ0n) is 15.9. The highest BCUT2D eigenvalue weighted by Gasteiger charge is 2.44. The number of nitrogens with one attached hydrogen (secondary N) is 2. The van der Waals surface area contributed by atoms with E-state index in [1.807, 2.05) is 6.92 Å². The van der Waals surface area contributed by atoms with Gasteiger partial charge in [-0.2, -0.15) is 0 Å². The number of rotatable bonds is 9. The molecular weight excluding hydrogens is 431 g/mol. The summed E-state index contributed by atoms with van der Waals surface area (Å²) in [7, 11) is 0. The van der Waals surface area contributed by atoms with E-state index in [1.165, 1.54) is 12.5 Å². The number of esters is 1. The Morgan fingerprint density at radius 3 is 2.66 bits per heavy atom. The number of nitrogens with zero attached hydrogens (tertiary/aromatic N) is 1. The minimum absolute atomic E-state index is 0. The maximum atomic E-state index is 12.0. The third kappa shape index (κ3) is 7.96. The highest BCUT2D eigenvalue weighted by molar-refractivity contribution is 5.85. The topological polar surface area (TPSA) is 183 Å². The van der Waals surface area contributed by atoms with Gasteiger partial charge < -0.3 is 40.6 Å². The van der Waals surface area contributed by atoms with Crippen LogP contribution in [0.1, 0.15) is 25.5 Å². The molecule has 8 N–H and O–H groups in total. The van der Waals surface area contributed by atoms with E-state index in [0.29, 0.717) is 18.5 Å². The van der Waals surface area contributed by atoms with Crippen molar-refractivity contribution in [1.29, 1.82) is 0 Å². The number of ether oxygens (including phenoxy) is 2. The van der Waals surface area contributed by atoms with Crippen LogP contribution in [0, 0.1) is 0 Å². The van der Waals surface area contributed by atoms with Gasteiger partial charge in [0.15, 0.2) is 6.29 Å². The molecule has 1 aliphatic rings. The van der Waals surface area contributed by atoms with E-state index in [1.54, 1.807) is 0 Å². The lowest BCUT2D eigenvalue weighted by atomic mass is 9.96. The smallest absolute Gasteiger partial charge is 0.323 e. The summed E-state index contributed by atoms with van der Waals surface area (Å²) >= 11 is 0. The van der Waals surface area contributed by atoms with Crippen LogP contribution in [-0.4, -0.2) is 85.9 Å². The van der Waals surface area contributed by atoms with E-state index < -0.39 is 55.5 Å². The largest absolute Gasteiger partial charge is 0.462 e. The third-order valence-corrected chi connectivity index (χ3v) is 4.35. The number of aromatic amines is 1. The van der Waals surface area contributed by atoms with Gasteiger partial charge in [0.05, 0.1) is 12.4 Å². The second kappa shape index (κ2) is 13.3. The van der Waals surface area contributed by atoms with E-state index in [0.717, 1.165) is 0 Å². The average molecular weight is 461 g/mol. The summed E-state index contributed by atoms with van der Waals surface area (Å²) in [6.45, 7) is 1.47. The average Bonchev–Trinajstić information content (AvgIpc) is 3.13. The van der Waals surface area contributed by atoms with Gasteiger partial charge in [0.2, 0.25) is 0 Å². The number of nitrogens with two attached hydrogens (primary N) is 1. The molecule has 13 heteroatoms. The quantitative estimate of drug-likeness (QED) is 0.163. The fraction of sp³-hybridized carbons (Fsp3) is 0.750. The monoisotopic (exact) mass is 460 g/mol. The van der Waals surface area contributed by atoms with Gasteiger partial charge in [0, 0.05) is 18.3 Å². The van der Waals surface area contributed by atoms with Gasteiger partial charge in [0.1, 0.15) is 37.2 Å². The number of carbonyl (C=O) groups is 1. The second-order valence-corrected chi connectivity index (χ2v) is 6.56. The van der Waals surface area contributed by atoms with E-state index >= 15 is 0 Å². The zero-order valence-corrected chi connectivity index (χ0v) is 17.5. The minimum atomic E-state index is -1.50. The number of halogens is 2. The Morgan fingerprint density at radius 2 is 2.07 bits per heavy atom. The Kier molecular flexibility index (Phi) is 12.8. The molecule has 7 atom stereocenters. The molecule has 29 heavy (non-hydrogen) atoms. The van der Waals surface area contributed by atoms with Crippen molar-refractivity contribution in [2.45, 2.75) is 69.1 Å². The third-order valence-electron chi connectivity index (χ3n) is 4.35. The lowest BCUT2D eigenvalue weighted by Crippen LogP contribution is -2.65. The summed E-state index contributed by atoms with van der Waals surface area (Å²) in [6.07, 6.45) is -2.18. The number of H-pyrrole nitrogens is 1. The number of hydrogen-bond donors (Lipinski definition) is 7. The Labute approximate surface area is 180 Å². The molecule has 0 aliphatic carbocycles. The molecule has 2 heterocycles. The van der Waals surface area contributed by atoms with Crippen molar-refractivity contribution in [2.24, 2.45) is 5.73 Å². The second-order valence-electron chi connectivity index (χ2n) is 6.56. The summed E-state index contributed by atoms with van der Waals surface area (Å²) in [4.78, 5) is 18.6. The van der Waals surface area contributed by atoms with Gasteiger partial charge in [-0.25, -0.2) is 4.98 Å². The first-order valence-corrected chi connectivity index (χ1v) is 8.86. The Hall–Kier alpha value is -1.02. The molecule has 2 unspecified atom stereocenters.